The maximum absolute atomic E-state index is 10.4. The summed E-state index contributed by atoms with van der Waals surface area (Å²) in [5.74, 6) is -0.0441. The van der Waals surface area contributed by atoms with Crippen LogP contribution in [0.4, 0.5) is 0 Å². The SMILES string of the molecule is O.O=S(=O)(O)c1ccc(O)cc1.[Zn]. The van der Waals surface area contributed by atoms with Gasteiger partial charge in [0.25, 0.3) is 10.1 Å². The molecule has 0 radical (unpaired) electrons. The monoisotopic (exact) mass is 256 g/mol. The third kappa shape index (κ3) is 4.33. The van der Waals surface area contributed by atoms with Crippen LogP contribution >= 0.6 is 0 Å². The van der Waals surface area contributed by atoms with Crippen LogP contribution in [-0.2, 0) is 29.6 Å². The van der Waals surface area contributed by atoms with Gasteiger partial charge in [0, 0.05) is 19.5 Å². The number of hydrogen-bond acceptors (Lipinski definition) is 3. The first-order valence-electron chi connectivity index (χ1n) is 2.77. The standard InChI is InChI=1S/C6H6O4S.H2O.Zn/c7-5-1-3-6(4-2-5)11(8,9)10;;/h1-4,7H,(H,8,9,10);1H2;. The zero-order valence-electron chi connectivity index (χ0n) is 6.64. The van der Waals surface area contributed by atoms with Gasteiger partial charge in [0.1, 0.15) is 5.75 Å². The molecule has 0 aliphatic carbocycles. The van der Waals surface area contributed by atoms with Gasteiger partial charge < -0.3 is 10.6 Å². The van der Waals surface area contributed by atoms with E-state index in [0.29, 0.717) is 0 Å². The minimum Gasteiger partial charge on any atom is -0.508 e. The first kappa shape index (κ1) is 15.0. The molecule has 13 heavy (non-hydrogen) atoms. The minimum absolute atomic E-state index is 0. The molecule has 0 aliphatic heterocycles. The zero-order chi connectivity index (χ0) is 8.48. The van der Waals surface area contributed by atoms with Gasteiger partial charge in [-0.15, -0.1) is 0 Å². The summed E-state index contributed by atoms with van der Waals surface area (Å²) < 4.78 is 29.3. The van der Waals surface area contributed by atoms with E-state index in [0.717, 1.165) is 12.1 Å². The fourth-order valence-corrected chi connectivity index (χ4v) is 1.10. The molecule has 1 aromatic rings. The molecule has 0 saturated carbocycles. The summed E-state index contributed by atoms with van der Waals surface area (Å²) in [7, 11) is -4.13. The van der Waals surface area contributed by atoms with E-state index in [1.807, 2.05) is 0 Å². The molecule has 0 atom stereocenters. The van der Waals surface area contributed by atoms with Crippen molar-refractivity contribution >= 4 is 10.1 Å². The van der Waals surface area contributed by atoms with Gasteiger partial charge >= 0.3 is 0 Å². The molecule has 0 aliphatic rings. The van der Waals surface area contributed by atoms with Crippen molar-refractivity contribution in [3.8, 4) is 5.75 Å². The molecule has 0 spiro atoms. The Balaban J connectivity index is 0. The van der Waals surface area contributed by atoms with Crippen molar-refractivity contribution in [2.75, 3.05) is 0 Å². The maximum atomic E-state index is 10.4. The third-order valence-corrected chi connectivity index (χ3v) is 2.00. The second-order valence-corrected chi connectivity index (χ2v) is 3.39. The van der Waals surface area contributed by atoms with E-state index in [1.165, 1.54) is 12.1 Å². The normalized spacial score (nSPS) is 9.62. The van der Waals surface area contributed by atoms with Crippen LogP contribution in [0, 0.1) is 0 Å². The molecule has 0 saturated heterocycles. The first-order valence-corrected chi connectivity index (χ1v) is 4.21. The van der Waals surface area contributed by atoms with Crippen molar-refractivity contribution in [3.05, 3.63) is 24.3 Å². The van der Waals surface area contributed by atoms with Gasteiger partial charge in [-0.25, -0.2) is 0 Å². The van der Waals surface area contributed by atoms with Crippen molar-refractivity contribution in [2.45, 2.75) is 4.90 Å². The van der Waals surface area contributed by atoms with Crippen LogP contribution in [0.15, 0.2) is 29.2 Å². The van der Waals surface area contributed by atoms with Crippen molar-refractivity contribution in [1.82, 2.24) is 0 Å². The number of aromatic hydroxyl groups is 1. The van der Waals surface area contributed by atoms with Gasteiger partial charge in [-0.05, 0) is 24.3 Å². The largest absolute Gasteiger partial charge is 0.508 e. The Morgan fingerprint density at radius 3 is 1.77 bits per heavy atom. The summed E-state index contributed by atoms with van der Waals surface area (Å²) >= 11 is 0. The Hall–Kier alpha value is -0.487. The number of rotatable bonds is 1. The minimum atomic E-state index is -4.13. The van der Waals surface area contributed by atoms with E-state index in [-0.39, 0.29) is 35.6 Å². The molecule has 7 heteroatoms. The Morgan fingerprint density at radius 1 is 1.08 bits per heavy atom. The van der Waals surface area contributed by atoms with Crippen LogP contribution in [0.2, 0.25) is 0 Å². The van der Waals surface area contributed by atoms with E-state index >= 15 is 0 Å². The molecule has 0 fully saturated rings. The van der Waals surface area contributed by atoms with E-state index in [4.69, 9.17) is 9.66 Å². The summed E-state index contributed by atoms with van der Waals surface area (Å²) in [4.78, 5) is -0.227. The van der Waals surface area contributed by atoms with Crippen LogP contribution < -0.4 is 0 Å². The summed E-state index contributed by atoms with van der Waals surface area (Å²) in [5, 5.41) is 8.75. The number of benzene rings is 1. The smallest absolute Gasteiger partial charge is 0.294 e. The molecule has 0 heterocycles. The van der Waals surface area contributed by atoms with Crippen LogP contribution in [0.1, 0.15) is 0 Å². The quantitative estimate of drug-likeness (QED) is 0.537. The predicted octanol–water partition coefficient (Wildman–Crippen LogP) is -0.188. The second kappa shape index (κ2) is 5.29. The van der Waals surface area contributed by atoms with Gasteiger partial charge in [-0.1, -0.05) is 0 Å². The Kier molecular flexibility index (Phi) is 6.10. The summed E-state index contributed by atoms with van der Waals surface area (Å²) in [5.41, 5.74) is 0. The van der Waals surface area contributed by atoms with Gasteiger partial charge in [0.15, 0.2) is 0 Å². The fourth-order valence-electron chi connectivity index (χ4n) is 0.618. The molecular formula is C6H8O5SZn. The number of hydrogen-bond donors (Lipinski definition) is 2. The second-order valence-electron chi connectivity index (χ2n) is 1.97. The molecule has 4 N–H and O–H groups in total. The molecule has 5 nitrogen and oxygen atoms in total. The Bertz CT molecular complexity index is 344. The summed E-state index contributed by atoms with van der Waals surface area (Å²) in [6.07, 6.45) is 0. The Morgan fingerprint density at radius 2 is 1.46 bits per heavy atom. The summed E-state index contributed by atoms with van der Waals surface area (Å²) in [6, 6.07) is 4.60. The van der Waals surface area contributed by atoms with Crippen molar-refractivity contribution in [1.29, 1.82) is 0 Å². The average molecular weight is 258 g/mol. The van der Waals surface area contributed by atoms with Crippen LogP contribution in [0.3, 0.4) is 0 Å². The van der Waals surface area contributed by atoms with Crippen molar-refractivity contribution in [3.63, 3.8) is 0 Å². The molecule has 0 bridgehead atoms. The molecule has 0 amide bonds. The fraction of sp³-hybridized carbons (Fsp3) is 0. The molecule has 0 unspecified atom stereocenters. The average Bonchev–Trinajstić information content (AvgIpc) is 1.86. The third-order valence-electron chi connectivity index (χ3n) is 1.13. The van der Waals surface area contributed by atoms with Gasteiger partial charge in [-0.3, -0.25) is 4.55 Å². The van der Waals surface area contributed by atoms with Crippen molar-refractivity contribution in [2.24, 2.45) is 0 Å². The van der Waals surface area contributed by atoms with Gasteiger partial charge in [0.2, 0.25) is 0 Å². The molecule has 1 aromatic carbocycles. The van der Waals surface area contributed by atoms with Crippen molar-refractivity contribution < 1.29 is 43.0 Å². The number of phenolic OH excluding ortho intramolecular Hbond substituents is 1. The van der Waals surface area contributed by atoms with E-state index in [9.17, 15) is 8.42 Å². The molecule has 70 valence electrons. The predicted molar refractivity (Wildman–Crippen MR) is 41.5 cm³/mol. The molecule has 1 rings (SSSR count). The van der Waals surface area contributed by atoms with Gasteiger partial charge in [0.05, 0.1) is 4.90 Å². The first-order chi connectivity index (χ1) is 5.00. The van der Waals surface area contributed by atoms with Gasteiger partial charge in [-0.2, -0.15) is 8.42 Å². The number of phenols is 1. The molecular weight excluding hydrogens is 250 g/mol. The maximum Gasteiger partial charge on any atom is 0.294 e. The van der Waals surface area contributed by atoms with E-state index in [1.54, 1.807) is 0 Å². The van der Waals surface area contributed by atoms with E-state index in [2.05, 4.69) is 0 Å². The van der Waals surface area contributed by atoms with E-state index < -0.39 is 10.1 Å². The summed E-state index contributed by atoms with van der Waals surface area (Å²) in [6.45, 7) is 0. The van der Waals surface area contributed by atoms with Crippen LogP contribution in [0.25, 0.3) is 0 Å². The molecule has 0 aromatic heterocycles. The topological polar surface area (TPSA) is 106 Å². The zero-order valence-corrected chi connectivity index (χ0v) is 10.4. The van der Waals surface area contributed by atoms with Crippen LogP contribution in [-0.4, -0.2) is 23.6 Å². The Labute approximate surface area is 88.2 Å². The van der Waals surface area contributed by atoms with Crippen LogP contribution in [0.5, 0.6) is 5.75 Å².